The summed E-state index contributed by atoms with van der Waals surface area (Å²) in [4.78, 5) is 25.5. The minimum atomic E-state index is -0.118. The smallest absolute Gasteiger partial charge is 0.255 e. The monoisotopic (exact) mass is 291 g/mol. The van der Waals surface area contributed by atoms with E-state index in [1.165, 1.54) is 4.90 Å². The summed E-state index contributed by atoms with van der Waals surface area (Å²) in [7, 11) is 3.39. The average Bonchev–Trinajstić information content (AvgIpc) is 2.43. The molecule has 0 aliphatic carbocycles. The van der Waals surface area contributed by atoms with E-state index in [0.717, 1.165) is 13.0 Å². The third-order valence-corrected chi connectivity index (χ3v) is 2.97. The molecular weight excluding hydrogens is 266 g/mol. The van der Waals surface area contributed by atoms with Gasteiger partial charge in [-0.25, -0.2) is 0 Å². The van der Waals surface area contributed by atoms with Crippen LogP contribution < -0.4 is 10.6 Å². The summed E-state index contributed by atoms with van der Waals surface area (Å²) in [5.41, 5.74) is 1.08. The van der Waals surface area contributed by atoms with Crippen molar-refractivity contribution in [2.45, 2.75) is 32.7 Å². The van der Waals surface area contributed by atoms with Gasteiger partial charge in [0.15, 0.2) is 0 Å². The number of carbonyl (C=O) groups is 2. The van der Waals surface area contributed by atoms with Crippen molar-refractivity contribution >= 4 is 17.5 Å². The maximum absolute atomic E-state index is 12.0. The molecule has 0 heterocycles. The van der Waals surface area contributed by atoms with Crippen molar-refractivity contribution in [3.05, 3.63) is 29.8 Å². The van der Waals surface area contributed by atoms with Crippen LogP contribution in [0.1, 0.15) is 37.0 Å². The Bertz CT molecular complexity index is 484. The summed E-state index contributed by atoms with van der Waals surface area (Å²) in [5.74, 6) is -0.188. The summed E-state index contributed by atoms with van der Waals surface area (Å²) in [5, 5.41) is 6.09. The largest absolute Gasteiger partial charge is 0.345 e. The fraction of sp³-hybridized carbons (Fsp3) is 0.500. The van der Waals surface area contributed by atoms with Gasteiger partial charge in [-0.2, -0.15) is 0 Å². The van der Waals surface area contributed by atoms with Crippen molar-refractivity contribution in [1.82, 2.24) is 10.2 Å². The van der Waals surface area contributed by atoms with Crippen LogP contribution in [-0.4, -0.2) is 43.4 Å². The van der Waals surface area contributed by atoms with E-state index in [1.54, 1.807) is 32.3 Å². The lowest BCUT2D eigenvalue weighted by Crippen LogP contribution is -2.25. The Balaban J connectivity index is 2.58. The van der Waals surface area contributed by atoms with Gasteiger partial charge < -0.3 is 15.5 Å². The van der Waals surface area contributed by atoms with E-state index in [0.29, 0.717) is 23.7 Å². The molecule has 116 valence electrons. The molecular formula is C16H25N3O2. The molecule has 0 unspecified atom stereocenters. The molecule has 21 heavy (non-hydrogen) atoms. The number of nitrogens with one attached hydrogen (secondary N) is 2. The fourth-order valence-corrected chi connectivity index (χ4v) is 1.87. The number of amides is 2. The minimum Gasteiger partial charge on any atom is -0.345 e. The van der Waals surface area contributed by atoms with E-state index in [9.17, 15) is 9.59 Å². The van der Waals surface area contributed by atoms with Gasteiger partial charge in [0.2, 0.25) is 5.91 Å². The van der Waals surface area contributed by atoms with E-state index in [4.69, 9.17) is 0 Å². The lowest BCUT2D eigenvalue weighted by Gasteiger charge is -2.14. The first-order chi connectivity index (χ1) is 9.91. The zero-order chi connectivity index (χ0) is 15.8. The predicted octanol–water partition coefficient (Wildman–Crippen LogP) is 2.11. The number of hydrogen-bond acceptors (Lipinski definition) is 3. The zero-order valence-electron chi connectivity index (χ0n) is 13.3. The quantitative estimate of drug-likeness (QED) is 0.756. The molecule has 1 aromatic carbocycles. The third-order valence-electron chi connectivity index (χ3n) is 2.97. The molecule has 0 radical (unpaired) electrons. The summed E-state index contributed by atoms with van der Waals surface area (Å²) in [6.07, 6.45) is 1.21. The standard InChI is InChI=1S/C16H25N3O2/c1-12(2)17-11-7-10-15(20)18-14-9-6-5-8-13(14)16(21)19(3)4/h5-6,8-9,12,17H,7,10-11H2,1-4H3,(H,18,20). The summed E-state index contributed by atoms with van der Waals surface area (Å²) in [6, 6.07) is 7.49. The minimum absolute atomic E-state index is 0.0698. The van der Waals surface area contributed by atoms with Gasteiger partial charge in [0, 0.05) is 26.6 Å². The molecule has 0 fully saturated rings. The number of para-hydroxylation sites is 1. The van der Waals surface area contributed by atoms with E-state index in [2.05, 4.69) is 24.5 Å². The van der Waals surface area contributed by atoms with Gasteiger partial charge in [0.25, 0.3) is 5.91 Å². The second-order valence-corrected chi connectivity index (χ2v) is 5.51. The van der Waals surface area contributed by atoms with Crippen molar-refractivity contribution in [2.75, 3.05) is 26.0 Å². The lowest BCUT2D eigenvalue weighted by atomic mass is 10.1. The van der Waals surface area contributed by atoms with Crippen LogP contribution in [0, 0.1) is 0 Å². The Kier molecular flexibility index (Phi) is 6.88. The number of hydrogen-bond donors (Lipinski definition) is 2. The number of anilines is 1. The van der Waals surface area contributed by atoms with Gasteiger partial charge in [0.1, 0.15) is 0 Å². The van der Waals surface area contributed by atoms with Crippen LogP contribution in [0.25, 0.3) is 0 Å². The predicted molar refractivity (Wildman–Crippen MR) is 85.5 cm³/mol. The molecule has 0 spiro atoms. The van der Waals surface area contributed by atoms with Crippen LogP contribution >= 0.6 is 0 Å². The number of benzene rings is 1. The first-order valence-electron chi connectivity index (χ1n) is 7.25. The second-order valence-electron chi connectivity index (χ2n) is 5.51. The van der Waals surface area contributed by atoms with Crippen molar-refractivity contribution in [2.24, 2.45) is 0 Å². The number of rotatable bonds is 7. The third kappa shape index (κ3) is 5.95. The van der Waals surface area contributed by atoms with Crippen LogP contribution in [0.3, 0.4) is 0 Å². The maximum Gasteiger partial charge on any atom is 0.255 e. The van der Waals surface area contributed by atoms with Gasteiger partial charge in [-0.3, -0.25) is 9.59 Å². The van der Waals surface area contributed by atoms with Crippen LogP contribution in [0.15, 0.2) is 24.3 Å². The second kappa shape index (κ2) is 8.42. The number of carbonyl (C=O) groups excluding carboxylic acids is 2. The molecule has 0 saturated carbocycles. The molecule has 0 aliphatic rings. The van der Waals surface area contributed by atoms with Crippen LogP contribution in [0.5, 0.6) is 0 Å². The van der Waals surface area contributed by atoms with Crippen LogP contribution in [0.2, 0.25) is 0 Å². The van der Waals surface area contributed by atoms with Crippen molar-refractivity contribution in [3.63, 3.8) is 0 Å². The molecule has 0 atom stereocenters. The lowest BCUT2D eigenvalue weighted by molar-refractivity contribution is -0.116. The molecule has 0 bridgehead atoms. The summed E-state index contributed by atoms with van der Waals surface area (Å²) in [6.45, 7) is 4.95. The molecule has 2 amide bonds. The molecule has 1 rings (SSSR count). The normalized spacial score (nSPS) is 10.5. The topological polar surface area (TPSA) is 61.4 Å². The Labute approximate surface area is 126 Å². The Morgan fingerprint density at radius 1 is 1.19 bits per heavy atom. The average molecular weight is 291 g/mol. The first kappa shape index (κ1) is 17.2. The van der Waals surface area contributed by atoms with E-state index < -0.39 is 0 Å². The Hall–Kier alpha value is -1.88. The highest BCUT2D eigenvalue weighted by atomic mass is 16.2. The van der Waals surface area contributed by atoms with Crippen molar-refractivity contribution in [3.8, 4) is 0 Å². The molecule has 5 heteroatoms. The summed E-state index contributed by atoms with van der Waals surface area (Å²) >= 11 is 0. The van der Waals surface area contributed by atoms with Gasteiger partial charge in [0.05, 0.1) is 11.3 Å². The fourth-order valence-electron chi connectivity index (χ4n) is 1.87. The molecule has 0 aliphatic heterocycles. The van der Waals surface area contributed by atoms with Crippen LogP contribution in [-0.2, 0) is 4.79 Å². The Morgan fingerprint density at radius 3 is 2.48 bits per heavy atom. The maximum atomic E-state index is 12.0. The van der Waals surface area contributed by atoms with Gasteiger partial charge >= 0.3 is 0 Å². The molecule has 5 nitrogen and oxygen atoms in total. The first-order valence-corrected chi connectivity index (χ1v) is 7.25. The number of nitrogens with zero attached hydrogens (tertiary/aromatic N) is 1. The van der Waals surface area contributed by atoms with Gasteiger partial charge in [-0.05, 0) is 25.1 Å². The van der Waals surface area contributed by atoms with Gasteiger partial charge in [-0.1, -0.05) is 26.0 Å². The SMILES string of the molecule is CC(C)NCCCC(=O)Nc1ccccc1C(=O)N(C)C. The van der Waals surface area contributed by atoms with Crippen molar-refractivity contribution < 1.29 is 9.59 Å². The molecule has 2 N–H and O–H groups in total. The highest BCUT2D eigenvalue weighted by Gasteiger charge is 2.14. The van der Waals surface area contributed by atoms with E-state index in [-0.39, 0.29) is 11.8 Å². The zero-order valence-corrected chi connectivity index (χ0v) is 13.3. The molecule has 1 aromatic rings. The Morgan fingerprint density at radius 2 is 1.86 bits per heavy atom. The molecule has 0 saturated heterocycles. The van der Waals surface area contributed by atoms with E-state index >= 15 is 0 Å². The van der Waals surface area contributed by atoms with Crippen molar-refractivity contribution in [1.29, 1.82) is 0 Å². The highest BCUT2D eigenvalue weighted by molar-refractivity contribution is 6.03. The summed E-state index contributed by atoms with van der Waals surface area (Å²) < 4.78 is 0. The van der Waals surface area contributed by atoms with Gasteiger partial charge in [-0.15, -0.1) is 0 Å². The molecule has 0 aromatic heterocycles. The van der Waals surface area contributed by atoms with Crippen LogP contribution in [0.4, 0.5) is 5.69 Å². The highest BCUT2D eigenvalue weighted by Crippen LogP contribution is 2.16. The van der Waals surface area contributed by atoms with E-state index in [1.807, 2.05) is 6.07 Å².